The third-order valence-corrected chi connectivity index (χ3v) is 7.34. The Morgan fingerprint density at radius 2 is 1.62 bits per heavy atom. The minimum atomic E-state index is -3.45. The van der Waals surface area contributed by atoms with Crippen LogP contribution in [0.1, 0.15) is 44.5 Å². The standard InChI is InChI=1S/C29H22F3N5O4.C4H9NO/c1-40-24-10-3-17(13-18(24)15-33)27(38)35-23-16-34-37-12-11-36(28(39)26(23)37)21-7-4-19(5-8-21)29(31,32)20-6-9-22(30)25(14-20)41-2;1-4(6)5(2)3/h3-10,13-14,16H,11-12H2,1-2H3,(H,35,38);1-3H3. The molecular weight excluding hydrogens is 617 g/mol. The Hall–Kier alpha value is -5.84. The maximum absolute atomic E-state index is 15.2. The molecule has 14 heteroatoms. The largest absolute Gasteiger partial charge is 0.495 e. The molecule has 0 atom stereocenters. The number of halogens is 3. The monoisotopic (exact) mass is 648 g/mol. The zero-order chi connectivity index (χ0) is 34.5. The highest BCUT2D eigenvalue weighted by molar-refractivity contribution is 6.13. The average molecular weight is 649 g/mol. The highest BCUT2D eigenvalue weighted by Crippen LogP contribution is 2.38. The van der Waals surface area contributed by atoms with Gasteiger partial charge < -0.3 is 24.6 Å². The van der Waals surface area contributed by atoms with Gasteiger partial charge in [0, 0.05) is 49.9 Å². The van der Waals surface area contributed by atoms with Gasteiger partial charge in [-0.2, -0.15) is 19.1 Å². The second kappa shape index (κ2) is 14.1. The topological polar surface area (TPSA) is 130 Å². The number of carbonyl (C=O) groups is 3. The van der Waals surface area contributed by atoms with E-state index in [-0.39, 0.29) is 46.3 Å². The third-order valence-electron chi connectivity index (χ3n) is 7.34. The number of hydrogen-bond donors (Lipinski definition) is 1. The molecule has 3 aromatic carbocycles. The summed E-state index contributed by atoms with van der Waals surface area (Å²) in [6.07, 6.45) is 1.35. The molecule has 0 fully saturated rings. The summed E-state index contributed by atoms with van der Waals surface area (Å²) < 4.78 is 55.5. The van der Waals surface area contributed by atoms with Crippen molar-refractivity contribution in [1.29, 1.82) is 5.26 Å². The number of hydrogen-bond acceptors (Lipinski definition) is 7. The van der Waals surface area contributed by atoms with Crippen LogP contribution in [0, 0.1) is 17.1 Å². The van der Waals surface area contributed by atoms with Crippen LogP contribution in [0.2, 0.25) is 0 Å². The summed E-state index contributed by atoms with van der Waals surface area (Å²) in [4.78, 5) is 39.4. The molecule has 11 nitrogen and oxygen atoms in total. The Kier molecular flexibility index (Phi) is 10.2. The summed E-state index contributed by atoms with van der Waals surface area (Å²) in [7, 11) is 6.05. The summed E-state index contributed by atoms with van der Waals surface area (Å²) in [6, 6.07) is 14.4. The summed E-state index contributed by atoms with van der Waals surface area (Å²) in [5, 5.41) is 16.2. The summed E-state index contributed by atoms with van der Waals surface area (Å²) in [5.41, 5.74) is 0.197. The van der Waals surface area contributed by atoms with Gasteiger partial charge in [0.1, 0.15) is 17.5 Å². The lowest BCUT2D eigenvalue weighted by Crippen LogP contribution is -2.41. The SMILES string of the molecule is CC(=O)N(C)C.COc1cc(C(F)(F)c2ccc(N3CCn4ncc(NC(=O)c5ccc(OC)c(C#N)c5)c4C3=O)cc2)ccc1F. The molecule has 3 amide bonds. The number of benzene rings is 3. The third kappa shape index (κ3) is 7.19. The number of anilines is 2. The van der Waals surface area contributed by atoms with E-state index >= 15 is 8.78 Å². The molecule has 0 unspecified atom stereocenters. The fourth-order valence-corrected chi connectivity index (χ4v) is 4.55. The van der Waals surface area contributed by atoms with E-state index in [4.69, 9.17) is 9.47 Å². The van der Waals surface area contributed by atoms with Crippen LogP contribution in [0.3, 0.4) is 0 Å². The molecule has 1 N–H and O–H groups in total. The molecule has 1 aliphatic rings. The highest BCUT2D eigenvalue weighted by Gasteiger charge is 2.36. The van der Waals surface area contributed by atoms with Crippen LogP contribution in [0.15, 0.2) is 66.9 Å². The fourth-order valence-electron chi connectivity index (χ4n) is 4.55. The molecule has 0 spiro atoms. The average Bonchev–Trinajstić information content (AvgIpc) is 3.48. The predicted molar refractivity (Wildman–Crippen MR) is 166 cm³/mol. The molecule has 0 saturated carbocycles. The first-order valence-corrected chi connectivity index (χ1v) is 14.1. The van der Waals surface area contributed by atoms with Crippen LogP contribution in [-0.4, -0.2) is 67.3 Å². The van der Waals surface area contributed by atoms with Gasteiger partial charge in [-0.1, -0.05) is 12.1 Å². The first-order valence-electron chi connectivity index (χ1n) is 14.1. The van der Waals surface area contributed by atoms with Gasteiger partial charge in [-0.05, 0) is 48.5 Å². The maximum atomic E-state index is 15.2. The molecule has 0 radical (unpaired) electrons. The number of amides is 3. The van der Waals surface area contributed by atoms with Crippen molar-refractivity contribution in [2.75, 3.05) is 45.1 Å². The molecule has 5 rings (SSSR count). The van der Waals surface area contributed by atoms with Gasteiger partial charge >= 0.3 is 0 Å². The van der Waals surface area contributed by atoms with E-state index in [0.29, 0.717) is 18.0 Å². The number of methoxy groups -OCH3 is 2. The number of rotatable bonds is 7. The number of nitriles is 1. The van der Waals surface area contributed by atoms with Gasteiger partial charge in [-0.15, -0.1) is 0 Å². The molecule has 2 heterocycles. The molecule has 0 aliphatic carbocycles. The fraction of sp³-hybridized carbons (Fsp3) is 0.242. The second-order valence-corrected chi connectivity index (χ2v) is 10.5. The van der Waals surface area contributed by atoms with E-state index in [9.17, 15) is 24.0 Å². The second-order valence-electron chi connectivity index (χ2n) is 10.5. The van der Waals surface area contributed by atoms with E-state index in [2.05, 4.69) is 10.4 Å². The van der Waals surface area contributed by atoms with Crippen molar-refractivity contribution in [1.82, 2.24) is 14.7 Å². The van der Waals surface area contributed by atoms with Crippen LogP contribution in [0.25, 0.3) is 0 Å². The zero-order valence-corrected chi connectivity index (χ0v) is 26.2. The smallest absolute Gasteiger partial charge is 0.298 e. The Balaban J connectivity index is 0.000000762. The van der Waals surface area contributed by atoms with Crippen molar-refractivity contribution in [2.24, 2.45) is 0 Å². The molecule has 0 bridgehead atoms. The zero-order valence-electron chi connectivity index (χ0n) is 26.2. The molecule has 47 heavy (non-hydrogen) atoms. The van der Waals surface area contributed by atoms with Crippen LogP contribution in [-0.2, 0) is 17.3 Å². The van der Waals surface area contributed by atoms with Gasteiger partial charge in [0.25, 0.3) is 17.7 Å². The first-order chi connectivity index (χ1) is 22.3. The number of alkyl halides is 2. The van der Waals surface area contributed by atoms with Crippen molar-refractivity contribution in [3.8, 4) is 17.6 Å². The Bertz CT molecular complexity index is 1850. The minimum absolute atomic E-state index is 0.0926. The first kappa shape index (κ1) is 34.0. The number of carbonyl (C=O) groups excluding carboxylic acids is 3. The summed E-state index contributed by atoms with van der Waals surface area (Å²) in [6.45, 7) is 2.04. The molecule has 244 valence electrons. The van der Waals surface area contributed by atoms with Crippen molar-refractivity contribution in [3.63, 3.8) is 0 Å². The van der Waals surface area contributed by atoms with E-state index in [1.54, 1.807) is 14.1 Å². The molecule has 4 aromatic rings. The van der Waals surface area contributed by atoms with E-state index in [0.717, 1.165) is 18.2 Å². The van der Waals surface area contributed by atoms with Gasteiger partial charge in [0.2, 0.25) is 5.91 Å². The Morgan fingerprint density at radius 3 is 2.21 bits per heavy atom. The number of fused-ring (bicyclic) bond motifs is 1. The number of ether oxygens (including phenoxy) is 2. The molecular formula is C33H31F3N6O5. The lowest BCUT2D eigenvalue weighted by atomic mass is 9.99. The van der Waals surface area contributed by atoms with Gasteiger partial charge in [0.15, 0.2) is 11.6 Å². The molecule has 1 aliphatic heterocycles. The van der Waals surface area contributed by atoms with Gasteiger partial charge in [-0.25, -0.2) is 4.39 Å². The predicted octanol–water partition coefficient (Wildman–Crippen LogP) is 5.06. The number of nitrogens with one attached hydrogen (secondary N) is 1. The van der Waals surface area contributed by atoms with Crippen LogP contribution >= 0.6 is 0 Å². The molecule has 0 saturated heterocycles. The molecule has 1 aromatic heterocycles. The minimum Gasteiger partial charge on any atom is -0.495 e. The Morgan fingerprint density at radius 1 is 0.979 bits per heavy atom. The quantitative estimate of drug-likeness (QED) is 0.297. The normalized spacial score (nSPS) is 12.2. The van der Waals surface area contributed by atoms with Gasteiger partial charge in [-0.3, -0.25) is 19.1 Å². The van der Waals surface area contributed by atoms with E-state index in [1.165, 1.54) is 84.3 Å². The lowest BCUT2D eigenvalue weighted by molar-refractivity contribution is -0.126. The Labute approximate surface area is 268 Å². The van der Waals surface area contributed by atoms with Crippen LogP contribution in [0.5, 0.6) is 11.5 Å². The van der Waals surface area contributed by atoms with Crippen molar-refractivity contribution >= 4 is 29.1 Å². The van der Waals surface area contributed by atoms with E-state index < -0.39 is 29.1 Å². The number of aromatic nitrogens is 2. The van der Waals surface area contributed by atoms with Gasteiger partial charge in [0.05, 0.1) is 38.2 Å². The van der Waals surface area contributed by atoms with Crippen LogP contribution in [0.4, 0.5) is 24.5 Å². The van der Waals surface area contributed by atoms with Crippen molar-refractivity contribution in [3.05, 3.63) is 101 Å². The van der Waals surface area contributed by atoms with E-state index in [1.807, 2.05) is 6.07 Å². The number of nitrogens with zero attached hydrogens (tertiary/aromatic N) is 5. The lowest BCUT2D eigenvalue weighted by Gasteiger charge is -2.28. The van der Waals surface area contributed by atoms with Crippen molar-refractivity contribution in [2.45, 2.75) is 19.4 Å². The summed E-state index contributed by atoms with van der Waals surface area (Å²) in [5.74, 6) is -5.14. The highest BCUT2D eigenvalue weighted by atomic mass is 19.3. The van der Waals surface area contributed by atoms with Crippen molar-refractivity contribution < 1.29 is 37.0 Å². The van der Waals surface area contributed by atoms with Crippen LogP contribution < -0.4 is 19.7 Å². The maximum Gasteiger partial charge on any atom is 0.298 e. The summed E-state index contributed by atoms with van der Waals surface area (Å²) >= 11 is 0.